The quantitative estimate of drug-likeness (QED) is 0.878. The van der Waals surface area contributed by atoms with Crippen molar-refractivity contribution in [2.45, 2.75) is 19.1 Å². The van der Waals surface area contributed by atoms with E-state index in [2.05, 4.69) is 0 Å². The van der Waals surface area contributed by atoms with Crippen LogP contribution in [0.4, 0.5) is 0 Å². The first-order chi connectivity index (χ1) is 9.65. The molecule has 3 rings (SSSR count). The van der Waals surface area contributed by atoms with Crippen LogP contribution in [0.15, 0.2) is 42.5 Å². The van der Waals surface area contributed by atoms with Crippen LogP contribution in [0.2, 0.25) is 0 Å². The van der Waals surface area contributed by atoms with Crippen molar-refractivity contribution in [3.63, 3.8) is 0 Å². The third-order valence-electron chi connectivity index (χ3n) is 3.46. The summed E-state index contributed by atoms with van der Waals surface area (Å²) in [6, 6.07) is 12.7. The lowest BCUT2D eigenvalue weighted by Gasteiger charge is -2.13. The Morgan fingerprint density at radius 1 is 1.20 bits per heavy atom. The minimum Gasteiger partial charge on any atom is -0.488 e. The van der Waals surface area contributed by atoms with E-state index in [-0.39, 0.29) is 6.42 Å². The van der Waals surface area contributed by atoms with Gasteiger partial charge in [-0.3, -0.25) is 4.79 Å². The van der Waals surface area contributed by atoms with Gasteiger partial charge in [0.05, 0.1) is 6.42 Å². The van der Waals surface area contributed by atoms with E-state index in [1.54, 1.807) is 18.2 Å². The molecule has 0 bridgehead atoms. The highest BCUT2D eigenvalue weighted by atomic mass is 16.5. The second-order valence-electron chi connectivity index (χ2n) is 4.83. The molecule has 0 unspecified atom stereocenters. The monoisotopic (exact) mass is 270 g/mol. The van der Waals surface area contributed by atoms with Crippen LogP contribution in [0, 0.1) is 0 Å². The molecule has 0 aromatic heterocycles. The molecule has 0 amide bonds. The summed E-state index contributed by atoms with van der Waals surface area (Å²) in [7, 11) is 0. The van der Waals surface area contributed by atoms with Gasteiger partial charge in [-0.1, -0.05) is 30.3 Å². The molecule has 0 saturated heterocycles. The molecule has 2 N–H and O–H groups in total. The molecule has 0 aliphatic carbocycles. The lowest BCUT2D eigenvalue weighted by Crippen LogP contribution is -2.04. The van der Waals surface area contributed by atoms with Gasteiger partial charge < -0.3 is 14.9 Å². The number of rotatable bonds is 2. The number of hydrogen-bond acceptors (Lipinski definition) is 3. The van der Waals surface area contributed by atoms with Crippen LogP contribution in [0.25, 0.3) is 0 Å². The maximum Gasteiger partial charge on any atom is 0.307 e. The maximum absolute atomic E-state index is 10.8. The lowest BCUT2D eigenvalue weighted by atomic mass is 9.96. The summed E-state index contributed by atoms with van der Waals surface area (Å²) in [6.45, 7) is 0.401. The van der Waals surface area contributed by atoms with Crippen molar-refractivity contribution >= 4 is 5.97 Å². The standard InChI is InChI=1S/C16H14O4/c17-15(18)8-10-5-6-14-13(7-10)16(19)12-4-2-1-3-11(12)9-20-14/h1-7,16,19H,8-9H2,(H,17,18)/t16-/m0/s1. The van der Waals surface area contributed by atoms with Crippen LogP contribution in [-0.2, 0) is 17.8 Å². The van der Waals surface area contributed by atoms with Gasteiger partial charge in [0.2, 0.25) is 0 Å². The molecule has 1 heterocycles. The molecular formula is C16H14O4. The van der Waals surface area contributed by atoms with Crippen molar-refractivity contribution in [3.8, 4) is 5.75 Å². The third-order valence-corrected chi connectivity index (χ3v) is 3.46. The summed E-state index contributed by atoms with van der Waals surface area (Å²) in [4.78, 5) is 10.8. The number of carboxylic acid groups (broad SMARTS) is 1. The van der Waals surface area contributed by atoms with Gasteiger partial charge >= 0.3 is 5.97 Å². The largest absolute Gasteiger partial charge is 0.488 e. The summed E-state index contributed by atoms with van der Waals surface area (Å²) >= 11 is 0. The molecule has 0 radical (unpaired) electrons. The Bertz CT molecular complexity index is 663. The molecule has 4 nitrogen and oxygen atoms in total. The number of benzene rings is 2. The predicted molar refractivity (Wildman–Crippen MR) is 72.6 cm³/mol. The second kappa shape index (κ2) is 4.98. The second-order valence-corrected chi connectivity index (χ2v) is 4.83. The molecule has 0 spiro atoms. The number of hydrogen-bond donors (Lipinski definition) is 2. The van der Waals surface area contributed by atoms with Crippen LogP contribution in [0.3, 0.4) is 0 Å². The van der Waals surface area contributed by atoms with Crippen molar-refractivity contribution in [2.75, 3.05) is 0 Å². The highest BCUT2D eigenvalue weighted by molar-refractivity contribution is 5.70. The SMILES string of the molecule is O=C(O)Cc1ccc2c(c1)[C@@H](O)c1ccccc1CO2. The first-order valence-electron chi connectivity index (χ1n) is 6.38. The minimum atomic E-state index is -0.894. The number of aliphatic hydroxyl groups excluding tert-OH is 1. The molecule has 20 heavy (non-hydrogen) atoms. The Morgan fingerprint density at radius 3 is 2.80 bits per heavy atom. The van der Waals surface area contributed by atoms with Crippen molar-refractivity contribution in [1.82, 2.24) is 0 Å². The van der Waals surface area contributed by atoms with Crippen LogP contribution in [0.5, 0.6) is 5.75 Å². The van der Waals surface area contributed by atoms with Crippen LogP contribution >= 0.6 is 0 Å². The van der Waals surface area contributed by atoms with E-state index in [1.807, 2.05) is 24.3 Å². The predicted octanol–water partition coefficient (Wildman–Crippen LogP) is 2.29. The first kappa shape index (κ1) is 12.7. The number of carboxylic acids is 1. The molecule has 1 aliphatic heterocycles. The molecule has 102 valence electrons. The molecular weight excluding hydrogens is 256 g/mol. The lowest BCUT2D eigenvalue weighted by molar-refractivity contribution is -0.136. The van der Waals surface area contributed by atoms with Gasteiger partial charge in [-0.25, -0.2) is 0 Å². The van der Waals surface area contributed by atoms with E-state index >= 15 is 0 Å². The maximum atomic E-state index is 10.8. The Kier molecular flexibility index (Phi) is 3.16. The average molecular weight is 270 g/mol. The first-order valence-corrected chi connectivity index (χ1v) is 6.38. The molecule has 0 fully saturated rings. The van der Waals surface area contributed by atoms with Gasteiger partial charge in [-0.05, 0) is 28.8 Å². The van der Waals surface area contributed by atoms with E-state index in [0.29, 0.717) is 23.5 Å². The fraction of sp³-hybridized carbons (Fsp3) is 0.188. The summed E-state index contributed by atoms with van der Waals surface area (Å²) in [5.41, 5.74) is 3.02. The zero-order valence-electron chi connectivity index (χ0n) is 10.7. The van der Waals surface area contributed by atoms with Crippen molar-refractivity contribution in [1.29, 1.82) is 0 Å². The number of fused-ring (bicyclic) bond motifs is 2. The van der Waals surface area contributed by atoms with Crippen molar-refractivity contribution in [3.05, 3.63) is 64.7 Å². The third kappa shape index (κ3) is 2.26. The van der Waals surface area contributed by atoms with Crippen LogP contribution in [0.1, 0.15) is 28.4 Å². The average Bonchev–Trinajstić information content (AvgIpc) is 2.57. The van der Waals surface area contributed by atoms with Crippen molar-refractivity contribution < 1.29 is 19.7 Å². The smallest absolute Gasteiger partial charge is 0.307 e. The normalized spacial score (nSPS) is 16.6. The fourth-order valence-electron chi connectivity index (χ4n) is 2.48. The summed E-state index contributed by atoms with van der Waals surface area (Å²) in [5, 5.41) is 19.4. The number of ether oxygens (including phenoxy) is 1. The number of aliphatic carboxylic acids is 1. The van der Waals surface area contributed by atoms with Gasteiger partial charge in [-0.2, -0.15) is 0 Å². The van der Waals surface area contributed by atoms with Gasteiger partial charge in [0.25, 0.3) is 0 Å². The number of aliphatic hydroxyl groups is 1. The Labute approximate surface area is 116 Å². The van der Waals surface area contributed by atoms with Gasteiger partial charge in [0.1, 0.15) is 18.5 Å². The van der Waals surface area contributed by atoms with Crippen molar-refractivity contribution in [2.24, 2.45) is 0 Å². The summed E-state index contributed by atoms with van der Waals surface area (Å²) in [5.74, 6) is -0.294. The van der Waals surface area contributed by atoms with Crippen LogP contribution in [-0.4, -0.2) is 16.2 Å². The molecule has 1 aliphatic rings. The Balaban J connectivity index is 2.06. The topological polar surface area (TPSA) is 66.8 Å². The summed E-state index contributed by atoms with van der Waals surface area (Å²) < 4.78 is 5.70. The van der Waals surface area contributed by atoms with Crippen LogP contribution < -0.4 is 4.74 Å². The van der Waals surface area contributed by atoms with E-state index < -0.39 is 12.1 Å². The van der Waals surface area contributed by atoms with E-state index in [1.165, 1.54) is 0 Å². The molecule has 1 atom stereocenters. The zero-order chi connectivity index (χ0) is 14.1. The molecule has 0 saturated carbocycles. The number of carbonyl (C=O) groups is 1. The molecule has 2 aromatic carbocycles. The van der Waals surface area contributed by atoms with E-state index in [0.717, 1.165) is 11.1 Å². The Morgan fingerprint density at radius 2 is 2.00 bits per heavy atom. The molecule has 2 aromatic rings. The zero-order valence-corrected chi connectivity index (χ0v) is 10.7. The highest BCUT2D eigenvalue weighted by Gasteiger charge is 2.22. The highest BCUT2D eigenvalue weighted by Crippen LogP contribution is 2.36. The minimum absolute atomic E-state index is 0.0678. The van der Waals surface area contributed by atoms with Gasteiger partial charge in [-0.15, -0.1) is 0 Å². The molecule has 4 heteroatoms. The van der Waals surface area contributed by atoms with Gasteiger partial charge in [0, 0.05) is 5.56 Å². The Hall–Kier alpha value is -2.33. The van der Waals surface area contributed by atoms with E-state index in [4.69, 9.17) is 9.84 Å². The van der Waals surface area contributed by atoms with E-state index in [9.17, 15) is 9.90 Å². The summed E-state index contributed by atoms with van der Waals surface area (Å²) in [6.07, 6.45) is -0.862. The fourth-order valence-corrected chi connectivity index (χ4v) is 2.48. The van der Waals surface area contributed by atoms with Gasteiger partial charge in [0.15, 0.2) is 0 Å².